The second-order valence-electron chi connectivity index (χ2n) is 6.62. The van der Waals surface area contributed by atoms with E-state index in [0.717, 1.165) is 51.5 Å². The first kappa shape index (κ1) is 24.2. The van der Waals surface area contributed by atoms with Gasteiger partial charge in [0.1, 0.15) is 0 Å². The summed E-state index contributed by atoms with van der Waals surface area (Å²) >= 11 is 0. The molecule has 0 fully saturated rings. The smallest absolute Gasteiger partial charge is 0.191 e. The molecule has 25 heavy (non-hydrogen) atoms. The van der Waals surface area contributed by atoms with Gasteiger partial charge >= 0.3 is 0 Å². The van der Waals surface area contributed by atoms with Gasteiger partial charge in [0, 0.05) is 57.2 Å². The highest BCUT2D eigenvalue weighted by molar-refractivity contribution is 14.0. The molecule has 7 heteroatoms. The quantitative estimate of drug-likeness (QED) is 0.229. The summed E-state index contributed by atoms with van der Waals surface area (Å²) in [7, 11) is 0. The summed E-state index contributed by atoms with van der Waals surface area (Å²) in [6.07, 6.45) is 7.79. The maximum Gasteiger partial charge on any atom is 0.191 e. The Balaban J connectivity index is 0.00000576. The van der Waals surface area contributed by atoms with Gasteiger partial charge in [-0.15, -0.1) is 24.0 Å². The van der Waals surface area contributed by atoms with Crippen molar-refractivity contribution in [2.24, 2.45) is 4.99 Å². The maximum atomic E-state index is 4.65. The Bertz CT molecular complexity index is 436. The molecule has 0 spiro atoms. The van der Waals surface area contributed by atoms with Gasteiger partial charge in [-0.1, -0.05) is 0 Å². The number of nitrogens with zero attached hydrogens (tertiary/aromatic N) is 4. The molecule has 0 atom stereocenters. The molecule has 0 amide bonds. The van der Waals surface area contributed by atoms with E-state index in [1.807, 2.05) is 18.7 Å². The fraction of sp³-hybridized carbons (Fsp3) is 0.778. The molecule has 0 aliphatic heterocycles. The van der Waals surface area contributed by atoms with E-state index in [9.17, 15) is 0 Å². The van der Waals surface area contributed by atoms with Crippen molar-refractivity contribution < 1.29 is 0 Å². The summed E-state index contributed by atoms with van der Waals surface area (Å²) in [6, 6.07) is 1.19. The van der Waals surface area contributed by atoms with Gasteiger partial charge in [-0.3, -0.25) is 9.89 Å². The number of nitrogens with one attached hydrogen (secondary N) is 2. The number of guanidine groups is 1. The van der Waals surface area contributed by atoms with Crippen LogP contribution in [0.15, 0.2) is 23.7 Å². The number of hydrogen-bond donors (Lipinski definition) is 2. The fourth-order valence-corrected chi connectivity index (χ4v) is 2.79. The van der Waals surface area contributed by atoms with E-state index in [0.29, 0.717) is 12.1 Å². The molecule has 0 saturated carbocycles. The average molecular weight is 464 g/mol. The van der Waals surface area contributed by atoms with Crippen molar-refractivity contribution in [2.75, 3.05) is 26.2 Å². The summed E-state index contributed by atoms with van der Waals surface area (Å²) in [5, 5.41) is 6.76. The maximum absolute atomic E-state index is 4.65. The molecule has 0 aliphatic rings. The SMILES string of the molecule is CCNC(=NCCCn1ccnc1)NCCCN(C(C)C)C(C)C.I. The monoisotopic (exact) mass is 464 g/mol. The second kappa shape index (κ2) is 14.4. The fourth-order valence-electron chi connectivity index (χ4n) is 2.79. The predicted octanol–water partition coefficient (Wildman–Crippen LogP) is 2.96. The molecule has 0 aromatic carbocycles. The summed E-state index contributed by atoms with van der Waals surface area (Å²) in [5.74, 6) is 0.920. The lowest BCUT2D eigenvalue weighted by molar-refractivity contribution is 0.173. The lowest BCUT2D eigenvalue weighted by atomic mass is 10.2. The minimum atomic E-state index is 0. The predicted molar refractivity (Wildman–Crippen MR) is 118 cm³/mol. The van der Waals surface area contributed by atoms with Crippen LogP contribution in [0.5, 0.6) is 0 Å². The van der Waals surface area contributed by atoms with Crippen LogP contribution >= 0.6 is 24.0 Å². The van der Waals surface area contributed by atoms with Gasteiger partial charge in [-0.05, 0) is 47.5 Å². The van der Waals surface area contributed by atoms with Crippen molar-refractivity contribution in [3.05, 3.63) is 18.7 Å². The number of aliphatic imine (C=N–C) groups is 1. The Morgan fingerprint density at radius 2 is 1.88 bits per heavy atom. The van der Waals surface area contributed by atoms with Crippen LogP contribution in [0.1, 0.15) is 47.5 Å². The van der Waals surface area contributed by atoms with Crippen LogP contribution in [0, 0.1) is 0 Å². The van der Waals surface area contributed by atoms with Crippen LogP contribution in [0.4, 0.5) is 0 Å². The zero-order chi connectivity index (χ0) is 17.8. The molecule has 1 aromatic rings. The highest BCUT2D eigenvalue weighted by Gasteiger charge is 2.12. The highest BCUT2D eigenvalue weighted by Crippen LogP contribution is 2.05. The molecular formula is C18H37IN6. The van der Waals surface area contributed by atoms with Gasteiger partial charge in [-0.25, -0.2) is 4.98 Å². The topological polar surface area (TPSA) is 57.5 Å². The first-order chi connectivity index (χ1) is 11.5. The van der Waals surface area contributed by atoms with Gasteiger partial charge < -0.3 is 15.2 Å². The van der Waals surface area contributed by atoms with Crippen molar-refractivity contribution in [2.45, 2.75) is 66.1 Å². The van der Waals surface area contributed by atoms with Crippen LogP contribution in [-0.2, 0) is 6.54 Å². The zero-order valence-electron chi connectivity index (χ0n) is 16.5. The molecule has 1 heterocycles. The molecule has 1 aromatic heterocycles. The molecule has 146 valence electrons. The Hall–Kier alpha value is -0.830. The van der Waals surface area contributed by atoms with Crippen LogP contribution in [-0.4, -0.2) is 58.7 Å². The molecule has 0 bridgehead atoms. The lowest BCUT2D eigenvalue weighted by Crippen LogP contribution is -2.41. The Morgan fingerprint density at radius 1 is 1.16 bits per heavy atom. The zero-order valence-corrected chi connectivity index (χ0v) is 18.9. The van der Waals surface area contributed by atoms with Gasteiger partial charge in [-0.2, -0.15) is 0 Å². The normalized spacial score (nSPS) is 11.9. The number of hydrogen-bond acceptors (Lipinski definition) is 3. The Labute approximate surface area is 170 Å². The average Bonchev–Trinajstić information content (AvgIpc) is 3.03. The Morgan fingerprint density at radius 3 is 2.44 bits per heavy atom. The Kier molecular flexibility index (Phi) is 13.9. The van der Waals surface area contributed by atoms with E-state index in [1.54, 1.807) is 0 Å². The van der Waals surface area contributed by atoms with E-state index in [1.165, 1.54) is 0 Å². The van der Waals surface area contributed by atoms with Crippen molar-refractivity contribution in [1.29, 1.82) is 0 Å². The molecule has 0 unspecified atom stereocenters. The first-order valence-corrected chi connectivity index (χ1v) is 9.28. The van der Waals surface area contributed by atoms with Crippen LogP contribution in [0.2, 0.25) is 0 Å². The summed E-state index contributed by atoms with van der Waals surface area (Å²) < 4.78 is 2.09. The minimum absolute atomic E-state index is 0. The molecular weight excluding hydrogens is 427 g/mol. The summed E-state index contributed by atoms with van der Waals surface area (Å²) in [6.45, 7) is 15.9. The third-order valence-electron chi connectivity index (χ3n) is 3.96. The number of halogens is 1. The van der Waals surface area contributed by atoms with Crippen molar-refractivity contribution in [1.82, 2.24) is 25.1 Å². The molecule has 0 aliphatic carbocycles. The number of aryl methyl sites for hydroxylation is 1. The number of imidazole rings is 1. The number of aromatic nitrogens is 2. The van der Waals surface area contributed by atoms with Crippen molar-refractivity contribution in [3.8, 4) is 0 Å². The van der Waals surface area contributed by atoms with Crippen LogP contribution < -0.4 is 10.6 Å². The van der Waals surface area contributed by atoms with E-state index < -0.39 is 0 Å². The highest BCUT2D eigenvalue weighted by atomic mass is 127. The van der Waals surface area contributed by atoms with E-state index in [4.69, 9.17) is 0 Å². The standard InChI is InChI=1S/C18H36N6.HI/c1-6-20-18(21-9-7-12-23-14-11-19-15-23)22-10-8-13-24(16(2)3)17(4)5;/h11,14-17H,6-10,12-13H2,1-5H3,(H2,20,21,22);1H. The summed E-state index contributed by atoms with van der Waals surface area (Å²) in [5.41, 5.74) is 0. The first-order valence-electron chi connectivity index (χ1n) is 9.28. The van der Waals surface area contributed by atoms with Gasteiger partial charge in [0.25, 0.3) is 0 Å². The summed E-state index contributed by atoms with van der Waals surface area (Å²) in [4.78, 5) is 11.2. The van der Waals surface area contributed by atoms with E-state index in [2.05, 4.69) is 64.7 Å². The molecule has 0 saturated heterocycles. The molecule has 2 N–H and O–H groups in total. The molecule has 6 nitrogen and oxygen atoms in total. The third kappa shape index (κ3) is 10.7. The van der Waals surface area contributed by atoms with E-state index >= 15 is 0 Å². The minimum Gasteiger partial charge on any atom is -0.357 e. The van der Waals surface area contributed by atoms with Gasteiger partial charge in [0.15, 0.2) is 5.96 Å². The van der Waals surface area contributed by atoms with Gasteiger partial charge in [0.2, 0.25) is 0 Å². The third-order valence-corrected chi connectivity index (χ3v) is 3.96. The largest absolute Gasteiger partial charge is 0.357 e. The second-order valence-corrected chi connectivity index (χ2v) is 6.62. The molecule has 0 radical (unpaired) electrons. The van der Waals surface area contributed by atoms with Crippen molar-refractivity contribution >= 4 is 29.9 Å². The van der Waals surface area contributed by atoms with Crippen LogP contribution in [0.25, 0.3) is 0 Å². The van der Waals surface area contributed by atoms with Crippen LogP contribution in [0.3, 0.4) is 0 Å². The van der Waals surface area contributed by atoms with Gasteiger partial charge in [0.05, 0.1) is 6.33 Å². The van der Waals surface area contributed by atoms with E-state index in [-0.39, 0.29) is 24.0 Å². The molecule has 1 rings (SSSR count). The lowest BCUT2D eigenvalue weighted by Gasteiger charge is -2.30. The number of rotatable bonds is 11. The van der Waals surface area contributed by atoms with Crippen molar-refractivity contribution in [3.63, 3.8) is 0 Å².